The summed E-state index contributed by atoms with van der Waals surface area (Å²) < 4.78 is 36.9. The SMILES string of the molecule is Cc1cccc(C(=O)N(CCO)CC(F)(F)F)n1. The van der Waals surface area contributed by atoms with E-state index in [1.807, 2.05) is 0 Å². The van der Waals surface area contributed by atoms with Crippen molar-refractivity contribution < 1.29 is 23.1 Å². The van der Waals surface area contributed by atoms with E-state index in [-0.39, 0.29) is 12.2 Å². The fraction of sp³-hybridized carbons (Fsp3) is 0.455. The molecule has 0 aliphatic heterocycles. The van der Waals surface area contributed by atoms with Crippen molar-refractivity contribution in [3.8, 4) is 0 Å². The number of halogens is 3. The number of rotatable bonds is 4. The molecule has 1 N–H and O–H groups in total. The number of carbonyl (C=O) groups is 1. The van der Waals surface area contributed by atoms with Crippen LogP contribution < -0.4 is 0 Å². The molecule has 0 bridgehead atoms. The Kier molecular flexibility index (Phi) is 4.66. The summed E-state index contributed by atoms with van der Waals surface area (Å²) in [7, 11) is 0. The van der Waals surface area contributed by atoms with E-state index in [9.17, 15) is 18.0 Å². The Labute approximate surface area is 102 Å². The number of aliphatic hydroxyl groups excluding tert-OH is 1. The van der Waals surface area contributed by atoms with Crippen LogP contribution in [0.1, 0.15) is 16.2 Å². The maximum absolute atomic E-state index is 12.3. The van der Waals surface area contributed by atoms with Crippen LogP contribution in [0.25, 0.3) is 0 Å². The van der Waals surface area contributed by atoms with Gasteiger partial charge < -0.3 is 10.0 Å². The molecule has 7 heteroatoms. The Morgan fingerprint density at radius 3 is 2.61 bits per heavy atom. The summed E-state index contributed by atoms with van der Waals surface area (Å²) in [6.45, 7) is -0.680. The topological polar surface area (TPSA) is 53.4 Å². The van der Waals surface area contributed by atoms with Gasteiger partial charge in [-0.2, -0.15) is 13.2 Å². The van der Waals surface area contributed by atoms with E-state index in [4.69, 9.17) is 5.11 Å². The van der Waals surface area contributed by atoms with Crippen LogP contribution in [-0.4, -0.2) is 46.8 Å². The van der Waals surface area contributed by atoms with Gasteiger partial charge in [0.1, 0.15) is 12.2 Å². The second-order valence-electron chi connectivity index (χ2n) is 3.73. The number of nitrogens with zero attached hydrogens (tertiary/aromatic N) is 2. The molecule has 1 aromatic heterocycles. The molecule has 0 aliphatic rings. The number of amides is 1. The average molecular weight is 262 g/mol. The molecule has 0 spiro atoms. The number of pyridine rings is 1. The molecule has 0 saturated heterocycles. The van der Waals surface area contributed by atoms with Crippen molar-refractivity contribution in [1.29, 1.82) is 0 Å². The zero-order chi connectivity index (χ0) is 13.8. The molecule has 1 rings (SSSR count). The van der Waals surface area contributed by atoms with Crippen molar-refractivity contribution in [3.05, 3.63) is 29.6 Å². The van der Waals surface area contributed by atoms with Gasteiger partial charge in [0.25, 0.3) is 5.91 Å². The van der Waals surface area contributed by atoms with Crippen molar-refractivity contribution in [2.45, 2.75) is 13.1 Å². The van der Waals surface area contributed by atoms with E-state index in [1.165, 1.54) is 6.07 Å². The van der Waals surface area contributed by atoms with Gasteiger partial charge in [0.05, 0.1) is 6.61 Å². The van der Waals surface area contributed by atoms with Crippen molar-refractivity contribution in [3.63, 3.8) is 0 Å². The van der Waals surface area contributed by atoms with Crippen molar-refractivity contribution in [2.75, 3.05) is 19.7 Å². The van der Waals surface area contributed by atoms with Crippen molar-refractivity contribution in [1.82, 2.24) is 9.88 Å². The van der Waals surface area contributed by atoms with Gasteiger partial charge in [-0.3, -0.25) is 4.79 Å². The Morgan fingerprint density at radius 1 is 1.44 bits per heavy atom. The molecule has 1 aromatic rings. The lowest BCUT2D eigenvalue weighted by atomic mass is 10.2. The smallest absolute Gasteiger partial charge is 0.395 e. The molecule has 0 aromatic carbocycles. The number of aryl methyl sites for hydroxylation is 1. The van der Waals surface area contributed by atoms with Crippen molar-refractivity contribution >= 4 is 5.91 Å². The van der Waals surface area contributed by atoms with Gasteiger partial charge in [-0.25, -0.2) is 4.98 Å². The lowest BCUT2D eigenvalue weighted by molar-refractivity contribution is -0.141. The molecule has 1 heterocycles. The number of aliphatic hydroxyl groups is 1. The van der Waals surface area contributed by atoms with Crippen molar-refractivity contribution in [2.24, 2.45) is 0 Å². The third-order valence-electron chi connectivity index (χ3n) is 2.13. The van der Waals surface area contributed by atoms with Crippen LogP contribution in [0.15, 0.2) is 18.2 Å². The minimum atomic E-state index is -4.51. The second-order valence-corrected chi connectivity index (χ2v) is 3.73. The number of carbonyl (C=O) groups excluding carboxylic acids is 1. The molecule has 0 aliphatic carbocycles. The molecule has 0 fully saturated rings. The van der Waals surface area contributed by atoms with Crippen LogP contribution in [0.4, 0.5) is 13.2 Å². The molecule has 0 unspecified atom stereocenters. The molecule has 0 saturated carbocycles. The summed E-state index contributed by atoms with van der Waals surface area (Å²) in [5, 5.41) is 8.70. The normalized spacial score (nSPS) is 11.4. The van der Waals surface area contributed by atoms with Gasteiger partial charge in [0.2, 0.25) is 0 Å². The van der Waals surface area contributed by atoms with Gasteiger partial charge in [0.15, 0.2) is 0 Å². The molecular formula is C11H13F3N2O2. The molecule has 0 radical (unpaired) electrons. The number of hydrogen-bond donors (Lipinski definition) is 1. The van der Waals surface area contributed by atoms with Crippen LogP contribution in [-0.2, 0) is 0 Å². The second kappa shape index (κ2) is 5.81. The fourth-order valence-corrected chi connectivity index (χ4v) is 1.41. The number of alkyl halides is 3. The van der Waals surface area contributed by atoms with E-state index < -0.39 is 25.2 Å². The first kappa shape index (κ1) is 14.4. The molecular weight excluding hydrogens is 249 g/mol. The van der Waals surface area contributed by atoms with Gasteiger partial charge in [-0.05, 0) is 19.1 Å². The Bertz CT molecular complexity index is 421. The van der Waals surface area contributed by atoms with E-state index in [0.29, 0.717) is 10.6 Å². The highest BCUT2D eigenvalue weighted by atomic mass is 19.4. The quantitative estimate of drug-likeness (QED) is 0.892. The Balaban J connectivity index is 2.89. The highest BCUT2D eigenvalue weighted by Gasteiger charge is 2.33. The van der Waals surface area contributed by atoms with E-state index in [1.54, 1.807) is 19.1 Å². The maximum Gasteiger partial charge on any atom is 0.406 e. The van der Waals surface area contributed by atoms with Crippen LogP contribution in [0.3, 0.4) is 0 Å². The first-order chi connectivity index (χ1) is 8.33. The third kappa shape index (κ3) is 4.33. The third-order valence-corrected chi connectivity index (χ3v) is 2.13. The standard InChI is InChI=1S/C11H13F3N2O2/c1-8-3-2-4-9(15-8)10(18)16(5-6-17)7-11(12,13)14/h2-4,17H,5-7H2,1H3. The monoisotopic (exact) mass is 262 g/mol. The lowest BCUT2D eigenvalue weighted by Gasteiger charge is -2.22. The average Bonchev–Trinajstić information content (AvgIpc) is 2.26. The van der Waals surface area contributed by atoms with Crippen LogP contribution in [0.5, 0.6) is 0 Å². The lowest BCUT2D eigenvalue weighted by Crippen LogP contribution is -2.41. The van der Waals surface area contributed by atoms with E-state index >= 15 is 0 Å². The number of aromatic nitrogens is 1. The largest absolute Gasteiger partial charge is 0.406 e. The minimum Gasteiger partial charge on any atom is -0.395 e. The minimum absolute atomic E-state index is 0.0623. The van der Waals surface area contributed by atoms with E-state index in [0.717, 1.165) is 0 Å². The predicted octanol–water partition coefficient (Wildman–Crippen LogP) is 1.39. The first-order valence-electron chi connectivity index (χ1n) is 5.24. The maximum atomic E-state index is 12.3. The summed E-state index contributed by atoms with van der Waals surface area (Å²) in [5.41, 5.74) is 0.476. The fourth-order valence-electron chi connectivity index (χ4n) is 1.41. The first-order valence-corrected chi connectivity index (χ1v) is 5.24. The van der Waals surface area contributed by atoms with Crippen LogP contribution in [0, 0.1) is 6.92 Å². The zero-order valence-corrected chi connectivity index (χ0v) is 9.74. The van der Waals surface area contributed by atoms with Crippen LogP contribution >= 0.6 is 0 Å². The number of hydrogen-bond acceptors (Lipinski definition) is 3. The molecule has 100 valence electrons. The van der Waals surface area contributed by atoms with Gasteiger partial charge >= 0.3 is 6.18 Å². The summed E-state index contributed by atoms with van der Waals surface area (Å²) in [6.07, 6.45) is -4.51. The summed E-state index contributed by atoms with van der Waals surface area (Å²) in [4.78, 5) is 16.2. The Hall–Kier alpha value is -1.63. The predicted molar refractivity (Wildman–Crippen MR) is 58.0 cm³/mol. The highest BCUT2D eigenvalue weighted by Crippen LogP contribution is 2.17. The highest BCUT2D eigenvalue weighted by molar-refractivity contribution is 5.92. The zero-order valence-electron chi connectivity index (χ0n) is 9.74. The van der Waals surface area contributed by atoms with Crippen LogP contribution in [0.2, 0.25) is 0 Å². The summed E-state index contributed by atoms with van der Waals surface area (Å²) in [6, 6.07) is 4.52. The van der Waals surface area contributed by atoms with Gasteiger partial charge in [-0.1, -0.05) is 6.07 Å². The van der Waals surface area contributed by atoms with Gasteiger partial charge in [-0.15, -0.1) is 0 Å². The molecule has 0 atom stereocenters. The van der Waals surface area contributed by atoms with Gasteiger partial charge in [0, 0.05) is 12.2 Å². The summed E-state index contributed by atoms with van der Waals surface area (Å²) in [5.74, 6) is -0.843. The molecule has 18 heavy (non-hydrogen) atoms. The molecule has 4 nitrogen and oxygen atoms in total. The van der Waals surface area contributed by atoms with E-state index in [2.05, 4.69) is 4.98 Å². The summed E-state index contributed by atoms with van der Waals surface area (Å²) >= 11 is 0. The molecule has 1 amide bonds. The Morgan fingerprint density at radius 2 is 2.11 bits per heavy atom.